The lowest BCUT2D eigenvalue weighted by Gasteiger charge is -2.32. The van der Waals surface area contributed by atoms with Crippen molar-refractivity contribution in [1.82, 2.24) is 15.0 Å². The van der Waals surface area contributed by atoms with Crippen LogP contribution in [0, 0.1) is 0 Å². The van der Waals surface area contributed by atoms with Crippen LogP contribution in [0.2, 0.25) is 0 Å². The number of ether oxygens (including phenoxy) is 1. The van der Waals surface area contributed by atoms with Crippen molar-refractivity contribution in [3.8, 4) is 0 Å². The Morgan fingerprint density at radius 2 is 1.81 bits per heavy atom. The molecule has 0 unspecified atom stereocenters. The number of aromatic nitrogens is 3. The third kappa shape index (κ3) is 3.82. The summed E-state index contributed by atoms with van der Waals surface area (Å²) < 4.78 is 17.2. The van der Waals surface area contributed by atoms with Crippen molar-refractivity contribution in [2.45, 2.75) is 65.3 Å². The molecule has 2 aromatic heterocycles. The first-order valence-corrected chi connectivity index (χ1v) is 9.17. The highest BCUT2D eigenvalue weighted by Crippen LogP contribution is 2.36. The minimum Gasteiger partial charge on any atom is -0.444 e. The molecule has 2 aromatic rings. The van der Waals surface area contributed by atoms with E-state index in [4.69, 9.17) is 14.0 Å². The van der Waals surface area contributed by atoms with Crippen molar-refractivity contribution in [2.75, 3.05) is 5.32 Å². The Morgan fingerprint density at radius 3 is 2.38 bits per heavy atom. The summed E-state index contributed by atoms with van der Waals surface area (Å²) in [6.45, 7) is 13.3. The van der Waals surface area contributed by atoms with Gasteiger partial charge in [0.05, 0.1) is 16.8 Å². The van der Waals surface area contributed by atoms with Gasteiger partial charge in [-0.3, -0.25) is 5.32 Å². The molecule has 0 radical (unpaired) electrons. The van der Waals surface area contributed by atoms with Gasteiger partial charge in [0.1, 0.15) is 5.60 Å². The smallest absolute Gasteiger partial charge is 0.444 e. The molecule has 10 heteroatoms. The van der Waals surface area contributed by atoms with E-state index in [9.17, 15) is 4.79 Å². The van der Waals surface area contributed by atoms with Crippen molar-refractivity contribution in [3.05, 3.63) is 6.20 Å². The fraction of sp³-hybridized carbons (Fsp3) is 0.625. The standard InChI is InChI=1S/C16H23BN4O4S/c1-14(2,3)23-13(22)21-12-20-10-11(26-12)18-8-9(19-10)17-24-15(4,5)16(6,7)25-17/h8H,1-7H3,(H,19,20,21,22). The molecule has 0 bridgehead atoms. The van der Waals surface area contributed by atoms with Crippen molar-refractivity contribution in [3.63, 3.8) is 0 Å². The lowest BCUT2D eigenvalue weighted by Crippen LogP contribution is -2.41. The number of nitrogens with zero attached hydrogens (tertiary/aromatic N) is 3. The number of carbonyl (C=O) groups excluding carboxylic acids is 1. The van der Waals surface area contributed by atoms with Gasteiger partial charge in [0.25, 0.3) is 0 Å². The summed E-state index contributed by atoms with van der Waals surface area (Å²) >= 11 is 1.22. The second-order valence-electron chi connectivity index (χ2n) is 8.16. The number of fused-ring (bicyclic) bond motifs is 1. The van der Waals surface area contributed by atoms with E-state index in [-0.39, 0.29) is 0 Å². The lowest BCUT2D eigenvalue weighted by atomic mass is 9.85. The maximum Gasteiger partial charge on any atom is 0.516 e. The molecule has 1 saturated heterocycles. The SMILES string of the molecule is CC(C)(C)OC(=O)Nc1nc2nc(B3OC(C)(C)C(C)(C)O3)cnc2s1. The molecule has 1 N–H and O–H groups in total. The number of thiazole rings is 1. The van der Waals surface area contributed by atoms with Crippen molar-refractivity contribution >= 4 is 45.8 Å². The largest absolute Gasteiger partial charge is 0.516 e. The van der Waals surface area contributed by atoms with Gasteiger partial charge in [0.15, 0.2) is 15.6 Å². The molecule has 8 nitrogen and oxygen atoms in total. The zero-order valence-corrected chi connectivity index (χ0v) is 16.9. The number of rotatable bonds is 2. The first kappa shape index (κ1) is 19.0. The second kappa shape index (κ2) is 6.14. The van der Waals surface area contributed by atoms with Gasteiger partial charge < -0.3 is 14.0 Å². The number of hydrogen-bond donors (Lipinski definition) is 1. The number of amides is 1. The van der Waals surface area contributed by atoms with E-state index in [1.807, 2.05) is 27.7 Å². The summed E-state index contributed by atoms with van der Waals surface area (Å²) in [5, 5.41) is 2.98. The van der Waals surface area contributed by atoms with Crippen molar-refractivity contribution in [1.29, 1.82) is 0 Å². The summed E-state index contributed by atoms with van der Waals surface area (Å²) in [5.74, 6) is 0. The third-order valence-corrected chi connectivity index (χ3v) is 5.11. The van der Waals surface area contributed by atoms with Crippen molar-refractivity contribution in [2.24, 2.45) is 0 Å². The topological polar surface area (TPSA) is 95.5 Å². The molecule has 1 amide bonds. The number of anilines is 1. The van der Waals surface area contributed by atoms with Gasteiger partial charge in [-0.25, -0.2) is 14.8 Å². The average molecular weight is 378 g/mol. The Hall–Kier alpha value is -1.78. The first-order valence-electron chi connectivity index (χ1n) is 8.35. The number of hydrogen-bond acceptors (Lipinski definition) is 8. The Kier molecular flexibility index (Phi) is 4.49. The van der Waals surface area contributed by atoms with Gasteiger partial charge in [-0.15, -0.1) is 0 Å². The van der Waals surface area contributed by atoms with Crippen LogP contribution in [0.3, 0.4) is 0 Å². The van der Waals surface area contributed by atoms with Crippen LogP contribution in [0.5, 0.6) is 0 Å². The maximum atomic E-state index is 11.9. The molecular weight excluding hydrogens is 355 g/mol. The lowest BCUT2D eigenvalue weighted by molar-refractivity contribution is 0.00578. The predicted molar refractivity (Wildman–Crippen MR) is 101 cm³/mol. The molecule has 0 atom stereocenters. The average Bonchev–Trinajstić information content (AvgIpc) is 2.93. The van der Waals surface area contributed by atoms with Crippen LogP contribution in [0.25, 0.3) is 10.5 Å². The van der Waals surface area contributed by atoms with E-state index in [2.05, 4.69) is 20.3 Å². The summed E-state index contributed by atoms with van der Waals surface area (Å²) in [6, 6.07) is 0. The number of carbonyl (C=O) groups is 1. The fourth-order valence-corrected chi connectivity index (χ4v) is 3.00. The molecule has 3 heterocycles. The van der Waals surface area contributed by atoms with Crippen LogP contribution in [0.1, 0.15) is 48.5 Å². The molecule has 0 aliphatic carbocycles. The summed E-state index contributed by atoms with van der Waals surface area (Å²) in [5.41, 5.74) is -0.528. The summed E-state index contributed by atoms with van der Waals surface area (Å²) in [4.78, 5) is 25.6. The first-order chi connectivity index (χ1) is 11.9. The molecule has 140 valence electrons. The molecular formula is C16H23BN4O4S. The van der Waals surface area contributed by atoms with E-state index in [0.29, 0.717) is 21.2 Å². The molecule has 26 heavy (non-hydrogen) atoms. The van der Waals surface area contributed by atoms with Gasteiger partial charge in [-0.1, -0.05) is 11.3 Å². The van der Waals surface area contributed by atoms with Crippen LogP contribution in [-0.2, 0) is 14.0 Å². The molecule has 0 spiro atoms. The zero-order chi connectivity index (χ0) is 19.3. The molecule has 1 aliphatic rings. The third-order valence-electron chi connectivity index (χ3n) is 4.24. The van der Waals surface area contributed by atoms with E-state index in [0.717, 1.165) is 0 Å². The molecule has 0 saturated carbocycles. The predicted octanol–water partition coefficient (Wildman–Crippen LogP) is 2.73. The van der Waals surface area contributed by atoms with Crippen molar-refractivity contribution < 1.29 is 18.8 Å². The Morgan fingerprint density at radius 1 is 1.19 bits per heavy atom. The maximum absolute atomic E-state index is 11.9. The normalized spacial score (nSPS) is 19.0. The zero-order valence-electron chi connectivity index (χ0n) is 16.0. The van der Waals surface area contributed by atoms with Gasteiger partial charge >= 0.3 is 13.2 Å². The van der Waals surface area contributed by atoms with E-state index >= 15 is 0 Å². The van der Waals surface area contributed by atoms with Gasteiger partial charge in [-0.05, 0) is 48.5 Å². The molecule has 1 aliphatic heterocycles. The highest BCUT2D eigenvalue weighted by atomic mass is 32.1. The van der Waals surface area contributed by atoms with Gasteiger partial charge in [0.2, 0.25) is 0 Å². The van der Waals surface area contributed by atoms with Crippen LogP contribution >= 0.6 is 11.3 Å². The summed E-state index contributed by atoms with van der Waals surface area (Å²) in [6.07, 6.45) is 1.04. The highest BCUT2D eigenvalue weighted by Gasteiger charge is 2.52. The monoisotopic (exact) mass is 378 g/mol. The summed E-state index contributed by atoms with van der Waals surface area (Å²) in [7, 11) is -0.610. The minimum absolute atomic E-state index is 0.375. The van der Waals surface area contributed by atoms with E-state index in [1.165, 1.54) is 11.3 Å². The highest BCUT2D eigenvalue weighted by molar-refractivity contribution is 7.21. The molecule has 1 fully saturated rings. The van der Waals surface area contributed by atoms with Crippen LogP contribution in [0.4, 0.5) is 9.93 Å². The van der Waals surface area contributed by atoms with E-state index in [1.54, 1.807) is 27.0 Å². The quantitative estimate of drug-likeness (QED) is 0.803. The Labute approximate surface area is 156 Å². The van der Waals surface area contributed by atoms with E-state index < -0.39 is 30.0 Å². The number of nitrogens with one attached hydrogen (secondary N) is 1. The van der Waals surface area contributed by atoms with Crippen LogP contribution in [-0.4, -0.2) is 45.0 Å². The van der Waals surface area contributed by atoms with Crippen LogP contribution in [0.15, 0.2) is 6.20 Å². The van der Waals surface area contributed by atoms with Gasteiger partial charge in [0, 0.05) is 6.20 Å². The Bertz CT molecular complexity index is 830. The second-order valence-corrected chi connectivity index (χ2v) is 9.14. The fourth-order valence-electron chi connectivity index (χ4n) is 2.26. The molecule has 3 rings (SSSR count). The van der Waals surface area contributed by atoms with Crippen LogP contribution < -0.4 is 10.9 Å². The van der Waals surface area contributed by atoms with Gasteiger partial charge in [-0.2, -0.15) is 4.98 Å². The molecule has 0 aromatic carbocycles. The minimum atomic E-state index is -0.610. The Balaban J connectivity index is 1.79.